The first-order valence-corrected chi connectivity index (χ1v) is 26.1. The number of nitrogens with two attached hydrogens (primary N) is 1. The molecule has 36 nitrogen and oxygen atoms in total. The fourth-order valence-corrected chi connectivity index (χ4v) is 7.86. The van der Waals surface area contributed by atoms with E-state index in [2.05, 4.69) is 58.5 Å². The van der Waals surface area contributed by atoms with Crippen LogP contribution in [-0.4, -0.2) is 256 Å². The van der Waals surface area contributed by atoms with Crippen molar-refractivity contribution in [3.63, 3.8) is 0 Å². The van der Waals surface area contributed by atoms with E-state index in [4.69, 9.17) is 24.7 Å². The molecule has 0 aromatic rings. The predicted molar refractivity (Wildman–Crippen MR) is 276 cm³/mol. The molecule has 0 aliphatic carbocycles. The van der Waals surface area contributed by atoms with Gasteiger partial charge >= 0.3 is 11.9 Å². The van der Waals surface area contributed by atoms with Crippen LogP contribution in [0.4, 0.5) is 0 Å². The summed E-state index contributed by atoms with van der Waals surface area (Å²) in [5.74, 6) is -12.0. The summed E-state index contributed by atoms with van der Waals surface area (Å²) in [6, 6.07) is -10.5. The quantitative estimate of drug-likeness (QED) is 0.0266. The Bertz CT molecular complexity index is 2280. The second kappa shape index (κ2) is 35.6. The minimum absolute atomic E-state index is 0.00387. The molecule has 0 aromatic heterocycles. The first kappa shape index (κ1) is 71.8. The third-order valence-electron chi connectivity index (χ3n) is 12.4. The fourth-order valence-electron chi connectivity index (χ4n) is 7.86. The number of hydrogen-bond donors (Lipinski definition) is 19. The second-order valence-corrected chi connectivity index (χ2v) is 19.2. The zero-order valence-electron chi connectivity index (χ0n) is 46.4. The molecule has 2 heterocycles. The van der Waals surface area contributed by atoms with Gasteiger partial charge in [0.2, 0.25) is 65.0 Å². The first-order valence-electron chi connectivity index (χ1n) is 26.1. The molecule has 36 heteroatoms. The molecule has 2 saturated heterocycles. The highest BCUT2D eigenvalue weighted by Crippen LogP contribution is 2.31. The average Bonchev–Trinajstić information content (AvgIpc) is 3.45. The highest BCUT2D eigenvalue weighted by Gasteiger charge is 2.53. The Hall–Kier alpha value is -7.29. The summed E-state index contributed by atoms with van der Waals surface area (Å²) in [6.07, 6.45) is -16.3. The number of carboxylic acid groups (broad SMARTS) is 2. The van der Waals surface area contributed by atoms with Gasteiger partial charge in [-0.3, -0.25) is 57.5 Å². The molecule has 0 spiro atoms. The summed E-state index contributed by atoms with van der Waals surface area (Å²) in [5.41, 5.74) is 5.13. The van der Waals surface area contributed by atoms with Gasteiger partial charge in [0.15, 0.2) is 12.6 Å². The maximum absolute atomic E-state index is 13.6. The molecule has 83 heavy (non-hydrogen) atoms. The molecule has 2 fully saturated rings. The Morgan fingerprint density at radius 3 is 1.58 bits per heavy atom. The zero-order valence-corrected chi connectivity index (χ0v) is 46.4. The molecule has 0 bridgehead atoms. The minimum atomic E-state index is -1.93. The van der Waals surface area contributed by atoms with Gasteiger partial charge in [-0.25, -0.2) is 4.79 Å². The van der Waals surface area contributed by atoms with Gasteiger partial charge in [0.1, 0.15) is 85.0 Å². The largest absolute Gasteiger partial charge is 0.480 e. The lowest BCUT2D eigenvalue weighted by Gasteiger charge is -2.48. The number of ether oxygens (including phenoxy) is 4. The van der Waals surface area contributed by atoms with Crippen molar-refractivity contribution < 1.29 is 117 Å². The van der Waals surface area contributed by atoms with Gasteiger partial charge < -0.3 is 119 Å². The van der Waals surface area contributed by atoms with Gasteiger partial charge in [-0.2, -0.15) is 0 Å². The molecule has 0 radical (unpaired) electrons. The number of aliphatic carboxylic acids is 2. The summed E-state index contributed by atoms with van der Waals surface area (Å²) >= 11 is 0. The van der Waals surface area contributed by atoms with Crippen molar-refractivity contribution >= 4 is 76.9 Å². The molecular formula is C47H78N12O24. The maximum atomic E-state index is 13.6. The Kier molecular flexibility index (Phi) is 30.8. The summed E-state index contributed by atoms with van der Waals surface area (Å²) in [6.45, 7) is 3.29. The van der Waals surface area contributed by atoms with Crippen LogP contribution in [0.15, 0.2) is 0 Å². The van der Waals surface area contributed by atoms with Crippen LogP contribution in [0.1, 0.15) is 73.6 Å². The van der Waals surface area contributed by atoms with Crippen LogP contribution in [0.2, 0.25) is 0 Å². The van der Waals surface area contributed by atoms with E-state index in [1.165, 1.54) is 13.8 Å². The van der Waals surface area contributed by atoms with E-state index in [9.17, 15) is 98.1 Å². The fraction of sp³-hybridized carbons (Fsp3) is 0.723. The third-order valence-corrected chi connectivity index (χ3v) is 12.4. The Morgan fingerprint density at radius 2 is 1.05 bits per heavy atom. The maximum Gasteiger partial charge on any atom is 0.326 e. The minimum Gasteiger partial charge on any atom is -0.480 e. The second-order valence-electron chi connectivity index (χ2n) is 19.2. The lowest BCUT2D eigenvalue weighted by molar-refractivity contribution is -0.333. The van der Waals surface area contributed by atoms with Crippen LogP contribution in [0.5, 0.6) is 0 Å². The van der Waals surface area contributed by atoms with Gasteiger partial charge in [0.25, 0.3) is 0 Å². The summed E-state index contributed by atoms with van der Waals surface area (Å²) in [7, 11) is 0. The van der Waals surface area contributed by atoms with Crippen LogP contribution < -0.4 is 64.2 Å². The van der Waals surface area contributed by atoms with Crippen LogP contribution in [0, 0.1) is 0 Å². The van der Waals surface area contributed by atoms with Gasteiger partial charge in [-0.05, 0) is 53.4 Å². The molecule has 20 N–H and O–H groups in total. The lowest BCUT2D eigenvalue weighted by atomic mass is 9.94. The Morgan fingerprint density at radius 1 is 0.530 bits per heavy atom. The average molecular weight is 1200 g/mol. The molecule has 2 aliphatic heterocycles. The number of hydrogen-bond acceptors (Lipinski definition) is 23. The number of carbonyl (C=O) groups excluding carboxylic acids is 11. The molecule has 470 valence electrons. The number of rotatable bonds is 34. The van der Waals surface area contributed by atoms with Gasteiger partial charge in [0, 0.05) is 26.8 Å². The van der Waals surface area contributed by atoms with Crippen LogP contribution in [0.25, 0.3) is 0 Å². The van der Waals surface area contributed by atoms with Gasteiger partial charge in [-0.1, -0.05) is 0 Å². The summed E-state index contributed by atoms with van der Waals surface area (Å²) < 4.78 is 23.2. The molecular weight excluding hydrogens is 1120 g/mol. The van der Waals surface area contributed by atoms with Gasteiger partial charge in [-0.15, -0.1) is 0 Å². The van der Waals surface area contributed by atoms with E-state index in [1.54, 1.807) is 0 Å². The summed E-state index contributed by atoms with van der Waals surface area (Å²) in [4.78, 5) is 162. The van der Waals surface area contributed by atoms with Crippen LogP contribution in [0.3, 0.4) is 0 Å². The van der Waals surface area contributed by atoms with E-state index >= 15 is 0 Å². The number of carbonyl (C=O) groups is 13. The zero-order chi connectivity index (χ0) is 62.8. The van der Waals surface area contributed by atoms with E-state index in [0.717, 1.165) is 27.7 Å². The third kappa shape index (κ3) is 24.6. The number of amides is 11. The summed E-state index contributed by atoms with van der Waals surface area (Å²) in [5, 5.41) is 97.0. The highest BCUT2D eigenvalue weighted by molar-refractivity contribution is 5.94. The van der Waals surface area contributed by atoms with Crippen LogP contribution >= 0.6 is 0 Å². The molecule has 0 aromatic carbocycles. The predicted octanol–water partition coefficient (Wildman–Crippen LogP) is -10.7. The standard InChI is InChI=1S/C47H78N12O24/c1-19(40(71)55-21(3)44(75)76)54-43(74)25(9-7-8-12-49-31(66)14-51-33(68)16-52-32(67)15-50-30(65)13-48)58-29(64)11-10-26(45(77)78)59-41(72)20(2)53-42(73)22(4)80-39-35(57-24(6)63)46(79)81-28(18-61)38(39)83-47-34(56-23(5)62)37(70)36(69)27(17-60)82-47/h19-22,25-28,34-39,46-47,60-61,69-70,79H,7-18,48H2,1-6H3,(H,49,66)(H,50,65)(H,51,68)(H,52,67)(H,53,73)(H,54,74)(H,55,71)(H,56,62)(H,57,63)(H,58,64)(H,59,72)(H,75,76)(H,77,78). The monoisotopic (exact) mass is 1190 g/mol. The molecule has 16 atom stereocenters. The topological polar surface area (TPSA) is 559 Å². The van der Waals surface area contributed by atoms with Crippen molar-refractivity contribution in [2.75, 3.05) is 45.9 Å². The molecule has 2 aliphatic rings. The molecule has 11 amide bonds. The number of unbranched alkanes of at least 4 members (excludes halogenated alkanes) is 1. The number of aliphatic hydroxyl groups excluding tert-OH is 5. The SMILES string of the molecule is CC(=O)NC1C(OC2C(CO)OC(O)C(NC(C)=O)C2OC(C)C(=O)NC(C)C(=O)NC(CCC(=O)NC(CCCCNC(=O)CNC(=O)CNC(=O)CNC(=O)CN)C(=O)NC(C)C(=O)NC(C)C(=O)O)C(=O)O)OC(CO)C(O)C1O. The van der Waals surface area contributed by atoms with E-state index in [1.807, 2.05) is 0 Å². The van der Waals surface area contributed by atoms with Gasteiger partial charge in [0.05, 0.1) is 39.4 Å². The van der Waals surface area contributed by atoms with Crippen molar-refractivity contribution in [3.05, 3.63) is 0 Å². The smallest absolute Gasteiger partial charge is 0.326 e. The first-order chi connectivity index (χ1) is 38.9. The number of nitrogens with one attached hydrogen (secondary N) is 11. The van der Waals surface area contributed by atoms with E-state index < -0.39 is 220 Å². The van der Waals surface area contributed by atoms with E-state index in [-0.39, 0.29) is 32.4 Å². The Labute approximate surface area is 474 Å². The molecule has 0 saturated carbocycles. The Balaban J connectivity index is 2.14. The van der Waals surface area contributed by atoms with Crippen molar-refractivity contribution in [1.29, 1.82) is 0 Å². The number of aliphatic hydroxyl groups is 5. The van der Waals surface area contributed by atoms with E-state index in [0.29, 0.717) is 0 Å². The van der Waals surface area contributed by atoms with Crippen molar-refractivity contribution in [2.24, 2.45) is 5.73 Å². The van der Waals surface area contributed by atoms with Crippen LogP contribution in [-0.2, 0) is 81.3 Å². The lowest BCUT2D eigenvalue weighted by Crippen LogP contribution is -2.70. The normalized spacial score (nSPS) is 24.2. The highest BCUT2D eigenvalue weighted by atomic mass is 16.7. The van der Waals surface area contributed by atoms with Crippen molar-refractivity contribution in [3.8, 4) is 0 Å². The van der Waals surface area contributed by atoms with Crippen molar-refractivity contribution in [1.82, 2.24) is 58.5 Å². The molecule has 2 rings (SSSR count). The van der Waals surface area contributed by atoms with Crippen molar-refractivity contribution in [2.45, 2.75) is 171 Å². The molecule has 16 unspecified atom stereocenters. The number of carboxylic acids is 2.